The van der Waals surface area contributed by atoms with Crippen molar-refractivity contribution in [2.24, 2.45) is 5.73 Å². The van der Waals surface area contributed by atoms with Crippen molar-refractivity contribution in [3.8, 4) is 0 Å². The highest BCUT2D eigenvalue weighted by Crippen LogP contribution is 2.18. The molecule has 0 aliphatic heterocycles. The molecule has 0 amide bonds. The van der Waals surface area contributed by atoms with Gasteiger partial charge in [0, 0.05) is 0 Å². The molecule has 3 nitrogen and oxygen atoms in total. The Balaban J connectivity index is 2.03. The van der Waals surface area contributed by atoms with Crippen LogP contribution in [0.3, 0.4) is 0 Å². The molecule has 1 aromatic rings. The van der Waals surface area contributed by atoms with E-state index >= 15 is 0 Å². The van der Waals surface area contributed by atoms with Gasteiger partial charge in [-0.25, -0.2) is 0 Å². The van der Waals surface area contributed by atoms with E-state index in [1.54, 1.807) is 6.08 Å². The van der Waals surface area contributed by atoms with Gasteiger partial charge in [0.05, 0.1) is 18.2 Å². The molecule has 1 unspecified atom stereocenters. The largest absolute Gasteiger partial charge is 0.387 e. The molecule has 0 fully saturated rings. The fourth-order valence-corrected chi connectivity index (χ4v) is 3.35. The molecule has 0 aliphatic rings. The molecule has 1 aromatic carbocycles. The van der Waals surface area contributed by atoms with Crippen LogP contribution in [0.2, 0.25) is 0 Å². The Morgan fingerprint density at radius 1 is 0.815 bits per heavy atom. The number of rotatable bonds is 16. The van der Waals surface area contributed by atoms with E-state index in [1.807, 2.05) is 36.4 Å². The first-order valence-electron chi connectivity index (χ1n) is 11.0. The van der Waals surface area contributed by atoms with Crippen LogP contribution in [0.5, 0.6) is 0 Å². The average Bonchev–Trinajstić information content (AvgIpc) is 2.70. The van der Waals surface area contributed by atoms with Gasteiger partial charge in [-0.15, -0.1) is 0 Å². The molecule has 0 saturated heterocycles. The quantitative estimate of drug-likeness (QED) is 0.258. The third-order valence-electron chi connectivity index (χ3n) is 5.21. The van der Waals surface area contributed by atoms with Gasteiger partial charge in [-0.05, 0) is 18.4 Å². The number of aliphatic hydroxyl groups excluding tert-OH is 2. The molecule has 154 valence electrons. The maximum Gasteiger partial charge on any atom is 0.0969 e. The molecule has 3 atom stereocenters. The molecule has 0 spiro atoms. The summed E-state index contributed by atoms with van der Waals surface area (Å²) in [6.07, 6.45) is 17.7. The Hall–Kier alpha value is -1.16. The molecule has 4 N–H and O–H groups in total. The first kappa shape index (κ1) is 23.9. The molecule has 0 aromatic heterocycles. The summed E-state index contributed by atoms with van der Waals surface area (Å²) in [5, 5.41) is 20.4. The second-order valence-corrected chi connectivity index (χ2v) is 7.68. The number of unbranched alkanes of at least 4 members (excludes halogenated alkanes) is 11. The van der Waals surface area contributed by atoms with Crippen molar-refractivity contribution >= 4 is 0 Å². The molecule has 3 heteroatoms. The monoisotopic (exact) mass is 375 g/mol. The van der Waals surface area contributed by atoms with Crippen LogP contribution < -0.4 is 5.73 Å². The predicted molar refractivity (Wildman–Crippen MR) is 116 cm³/mol. The molecule has 0 aliphatic carbocycles. The average molecular weight is 376 g/mol. The lowest BCUT2D eigenvalue weighted by atomic mass is 9.98. The van der Waals surface area contributed by atoms with Crippen LogP contribution in [0.25, 0.3) is 0 Å². The van der Waals surface area contributed by atoms with E-state index in [0.717, 1.165) is 18.4 Å². The smallest absolute Gasteiger partial charge is 0.0969 e. The van der Waals surface area contributed by atoms with E-state index < -0.39 is 18.2 Å². The first-order valence-corrected chi connectivity index (χ1v) is 11.0. The number of hydrogen-bond acceptors (Lipinski definition) is 3. The number of nitrogens with two attached hydrogens (primary N) is 1. The molecule has 0 radical (unpaired) electrons. The van der Waals surface area contributed by atoms with Gasteiger partial charge < -0.3 is 15.9 Å². The van der Waals surface area contributed by atoms with Crippen molar-refractivity contribution in [2.75, 3.05) is 0 Å². The molecule has 0 heterocycles. The molecular formula is C24H41NO2. The summed E-state index contributed by atoms with van der Waals surface area (Å²) in [4.78, 5) is 0. The van der Waals surface area contributed by atoms with Crippen molar-refractivity contribution in [1.29, 1.82) is 0 Å². The Labute approximate surface area is 166 Å². The highest BCUT2D eigenvalue weighted by Gasteiger charge is 2.22. The van der Waals surface area contributed by atoms with Crippen LogP contribution in [-0.4, -0.2) is 22.4 Å². The number of benzene rings is 1. The molecule has 1 rings (SSSR count). The van der Waals surface area contributed by atoms with Crippen LogP contribution >= 0.6 is 0 Å². The van der Waals surface area contributed by atoms with Gasteiger partial charge in [0.1, 0.15) is 0 Å². The van der Waals surface area contributed by atoms with Crippen LogP contribution in [0.15, 0.2) is 42.5 Å². The number of aliphatic hydroxyl groups is 2. The zero-order valence-corrected chi connectivity index (χ0v) is 17.2. The Bertz CT molecular complexity index is 475. The predicted octanol–water partition coefficient (Wildman–Crippen LogP) is 5.67. The molecule has 27 heavy (non-hydrogen) atoms. The van der Waals surface area contributed by atoms with Gasteiger partial charge in [-0.2, -0.15) is 0 Å². The van der Waals surface area contributed by atoms with Crippen molar-refractivity contribution < 1.29 is 10.2 Å². The lowest BCUT2D eigenvalue weighted by molar-refractivity contribution is 0.0784. The molecular weight excluding hydrogens is 334 g/mol. The maximum atomic E-state index is 10.2. The van der Waals surface area contributed by atoms with E-state index in [9.17, 15) is 10.2 Å². The summed E-state index contributed by atoms with van der Waals surface area (Å²) >= 11 is 0. The van der Waals surface area contributed by atoms with Crippen molar-refractivity contribution in [3.63, 3.8) is 0 Å². The minimum atomic E-state index is -0.854. The van der Waals surface area contributed by atoms with Crippen molar-refractivity contribution in [1.82, 2.24) is 0 Å². The zero-order chi connectivity index (χ0) is 19.7. The lowest BCUT2D eigenvalue weighted by Gasteiger charge is -2.22. The van der Waals surface area contributed by atoms with Gasteiger partial charge in [0.25, 0.3) is 0 Å². The fraction of sp³-hybridized carbons (Fsp3) is 0.667. The van der Waals surface area contributed by atoms with E-state index in [-0.39, 0.29) is 0 Å². The number of hydrogen-bond donors (Lipinski definition) is 3. The topological polar surface area (TPSA) is 66.5 Å². The highest BCUT2D eigenvalue weighted by molar-refractivity contribution is 5.19. The maximum absolute atomic E-state index is 10.2. The third-order valence-corrected chi connectivity index (χ3v) is 5.21. The second-order valence-electron chi connectivity index (χ2n) is 7.68. The Kier molecular flexibility index (Phi) is 14.0. The third kappa shape index (κ3) is 11.3. The minimum absolute atomic E-state index is 0.707. The van der Waals surface area contributed by atoms with Gasteiger partial charge in [-0.3, -0.25) is 0 Å². The van der Waals surface area contributed by atoms with Gasteiger partial charge in [-0.1, -0.05) is 114 Å². The first-order chi connectivity index (χ1) is 13.2. The van der Waals surface area contributed by atoms with E-state index in [4.69, 9.17) is 5.73 Å². The van der Waals surface area contributed by atoms with Crippen LogP contribution in [-0.2, 0) is 0 Å². The summed E-state index contributed by atoms with van der Waals surface area (Å²) < 4.78 is 0. The zero-order valence-electron chi connectivity index (χ0n) is 17.2. The van der Waals surface area contributed by atoms with Crippen LogP contribution in [0, 0.1) is 0 Å². The Morgan fingerprint density at radius 3 is 1.89 bits per heavy atom. The Morgan fingerprint density at radius 2 is 1.33 bits per heavy atom. The van der Waals surface area contributed by atoms with Gasteiger partial charge in [0.2, 0.25) is 0 Å². The normalized spacial score (nSPS) is 15.1. The number of allylic oxidation sites excluding steroid dienone is 1. The van der Waals surface area contributed by atoms with Crippen molar-refractivity contribution in [2.45, 2.75) is 102 Å². The summed E-state index contributed by atoms with van der Waals surface area (Å²) in [6, 6.07) is 8.56. The van der Waals surface area contributed by atoms with E-state index in [0.29, 0.717) is 0 Å². The molecule has 0 saturated carbocycles. The minimum Gasteiger partial charge on any atom is -0.387 e. The van der Waals surface area contributed by atoms with Gasteiger partial charge >= 0.3 is 0 Å². The summed E-state index contributed by atoms with van der Waals surface area (Å²) in [5.41, 5.74) is 6.73. The van der Waals surface area contributed by atoms with E-state index in [1.165, 1.54) is 64.2 Å². The van der Waals surface area contributed by atoms with Crippen LogP contribution in [0.1, 0.15) is 95.6 Å². The van der Waals surface area contributed by atoms with E-state index in [2.05, 4.69) is 6.92 Å². The standard InChI is InChI=1S/C24H41NO2/c1-2-3-4-5-6-7-8-9-10-11-12-13-17-20-22(26)23(25)24(27)21-18-15-14-16-19-21/h14-20,22-24,26-27H,2-13,25H2,1H3/b20-17+/t22-,23-,24?/m1/s1. The summed E-state index contributed by atoms with van der Waals surface area (Å²) in [7, 11) is 0. The van der Waals surface area contributed by atoms with Crippen molar-refractivity contribution in [3.05, 3.63) is 48.0 Å². The SMILES string of the molecule is CCCCCCCCCCCCC/C=C/[C@@H](O)[C@@H](N)C(O)c1ccccc1. The second kappa shape index (κ2) is 15.9. The fourth-order valence-electron chi connectivity index (χ4n) is 3.35. The summed E-state index contributed by atoms with van der Waals surface area (Å²) in [5.74, 6) is 0. The summed E-state index contributed by atoms with van der Waals surface area (Å²) in [6.45, 7) is 2.26. The van der Waals surface area contributed by atoms with Gasteiger partial charge in [0.15, 0.2) is 0 Å². The highest BCUT2D eigenvalue weighted by atomic mass is 16.3. The molecule has 0 bridgehead atoms. The lowest BCUT2D eigenvalue weighted by Crippen LogP contribution is -2.39. The van der Waals surface area contributed by atoms with Crippen LogP contribution in [0.4, 0.5) is 0 Å².